The number of carbonyl (C=O) groups is 1. The SMILES string of the molecule is Cc1cc(C)cc(C(=O)[S-])c1. The predicted octanol–water partition coefficient (Wildman–Crippen LogP) is 1.99. The highest BCUT2D eigenvalue weighted by atomic mass is 32.1. The van der Waals surface area contributed by atoms with Gasteiger partial charge in [0, 0.05) is 5.12 Å². The van der Waals surface area contributed by atoms with Crippen molar-refractivity contribution in [2.24, 2.45) is 0 Å². The quantitative estimate of drug-likeness (QED) is 0.592. The van der Waals surface area contributed by atoms with Crippen LogP contribution in [0.15, 0.2) is 18.2 Å². The van der Waals surface area contributed by atoms with Gasteiger partial charge in [-0.15, -0.1) is 0 Å². The molecule has 0 bridgehead atoms. The Kier molecular flexibility index (Phi) is 2.25. The van der Waals surface area contributed by atoms with Gasteiger partial charge in [-0.25, -0.2) is 0 Å². The Bertz CT molecular complexity index is 271. The number of hydrogen-bond acceptors (Lipinski definition) is 2. The zero-order valence-electron chi connectivity index (χ0n) is 6.55. The van der Waals surface area contributed by atoms with Crippen LogP contribution in [0.5, 0.6) is 0 Å². The molecule has 58 valence electrons. The monoisotopic (exact) mass is 165 g/mol. The van der Waals surface area contributed by atoms with Crippen molar-refractivity contribution in [3.05, 3.63) is 34.9 Å². The highest BCUT2D eigenvalue weighted by Crippen LogP contribution is 2.08. The molecule has 2 heteroatoms. The molecule has 0 aromatic heterocycles. The summed E-state index contributed by atoms with van der Waals surface area (Å²) in [7, 11) is 0. The molecule has 11 heavy (non-hydrogen) atoms. The minimum atomic E-state index is -0.281. The highest BCUT2D eigenvalue weighted by molar-refractivity contribution is 7.77. The summed E-state index contributed by atoms with van der Waals surface area (Å²) in [4.78, 5) is 10.8. The van der Waals surface area contributed by atoms with Crippen LogP contribution >= 0.6 is 0 Å². The Morgan fingerprint density at radius 3 is 2.00 bits per heavy atom. The lowest BCUT2D eigenvalue weighted by molar-refractivity contribution is 0.109. The zero-order valence-corrected chi connectivity index (χ0v) is 7.37. The molecule has 0 N–H and O–H groups in total. The van der Waals surface area contributed by atoms with Gasteiger partial charge in [0.2, 0.25) is 0 Å². The number of hydrogen-bond donors (Lipinski definition) is 0. The number of carbonyl (C=O) groups excluding carboxylic acids is 1. The third kappa shape index (κ3) is 2.02. The van der Waals surface area contributed by atoms with Gasteiger partial charge in [-0.05, 0) is 19.4 Å². The third-order valence-corrected chi connectivity index (χ3v) is 1.69. The Morgan fingerprint density at radius 1 is 1.18 bits per heavy atom. The van der Waals surface area contributed by atoms with Crippen LogP contribution in [0.1, 0.15) is 21.5 Å². The first kappa shape index (κ1) is 8.21. The van der Waals surface area contributed by atoms with Crippen molar-refractivity contribution >= 4 is 17.7 Å². The van der Waals surface area contributed by atoms with Crippen LogP contribution in [0, 0.1) is 13.8 Å². The third-order valence-electron chi connectivity index (χ3n) is 1.46. The van der Waals surface area contributed by atoms with E-state index < -0.39 is 0 Å². The molecule has 0 aliphatic heterocycles. The first-order valence-electron chi connectivity index (χ1n) is 3.39. The summed E-state index contributed by atoms with van der Waals surface area (Å²) >= 11 is 4.53. The number of rotatable bonds is 1. The number of aryl methyl sites for hydroxylation is 2. The molecule has 0 radical (unpaired) electrons. The second kappa shape index (κ2) is 3.01. The minimum absolute atomic E-state index is 0.281. The van der Waals surface area contributed by atoms with Crippen LogP contribution in [0.3, 0.4) is 0 Å². The lowest BCUT2D eigenvalue weighted by atomic mass is 10.1. The summed E-state index contributed by atoms with van der Waals surface area (Å²) in [6.07, 6.45) is 0. The van der Waals surface area contributed by atoms with E-state index in [1.165, 1.54) is 0 Å². The van der Waals surface area contributed by atoms with Crippen molar-refractivity contribution in [1.29, 1.82) is 0 Å². The lowest BCUT2D eigenvalue weighted by Gasteiger charge is -2.05. The maximum absolute atomic E-state index is 10.8. The van der Waals surface area contributed by atoms with Gasteiger partial charge in [-0.2, -0.15) is 0 Å². The van der Waals surface area contributed by atoms with Gasteiger partial charge in [-0.1, -0.05) is 29.3 Å². The van der Waals surface area contributed by atoms with Crippen molar-refractivity contribution in [3.63, 3.8) is 0 Å². The van der Waals surface area contributed by atoms with Crippen LogP contribution in [0.4, 0.5) is 0 Å². The molecule has 1 aromatic carbocycles. The van der Waals surface area contributed by atoms with E-state index in [9.17, 15) is 4.79 Å². The molecule has 1 rings (SSSR count). The van der Waals surface area contributed by atoms with Crippen LogP contribution in [0.2, 0.25) is 0 Å². The van der Waals surface area contributed by atoms with Crippen molar-refractivity contribution in [2.45, 2.75) is 13.8 Å². The van der Waals surface area contributed by atoms with Crippen LogP contribution < -0.4 is 0 Å². The molecule has 0 unspecified atom stereocenters. The molecule has 0 spiro atoms. The average molecular weight is 165 g/mol. The summed E-state index contributed by atoms with van der Waals surface area (Å²) < 4.78 is 0. The molecule has 0 fully saturated rings. The molecule has 0 amide bonds. The van der Waals surface area contributed by atoms with Gasteiger partial charge < -0.3 is 17.4 Å². The Hall–Kier alpha value is -0.890. The largest absolute Gasteiger partial charge is 0.737 e. The van der Waals surface area contributed by atoms with Crippen molar-refractivity contribution < 1.29 is 4.79 Å². The maximum Gasteiger partial charge on any atom is 0.0422 e. The second-order valence-electron chi connectivity index (χ2n) is 2.66. The molecule has 0 heterocycles. The molecule has 1 aromatic rings. The minimum Gasteiger partial charge on any atom is -0.737 e. The normalized spacial score (nSPS) is 9.64. The summed E-state index contributed by atoms with van der Waals surface area (Å²) in [5.41, 5.74) is 2.79. The molecular formula is C9H9OS-. The van der Waals surface area contributed by atoms with Gasteiger partial charge in [0.05, 0.1) is 0 Å². The second-order valence-corrected chi connectivity index (χ2v) is 3.03. The molecule has 1 nitrogen and oxygen atoms in total. The fraction of sp³-hybridized carbons (Fsp3) is 0.222. The van der Waals surface area contributed by atoms with E-state index in [0.29, 0.717) is 5.56 Å². The van der Waals surface area contributed by atoms with E-state index in [4.69, 9.17) is 0 Å². The van der Waals surface area contributed by atoms with Gasteiger partial charge >= 0.3 is 0 Å². The lowest BCUT2D eigenvalue weighted by Crippen LogP contribution is -1.94. The van der Waals surface area contributed by atoms with Gasteiger partial charge in [0.25, 0.3) is 0 Å². The van der Waals surface area contributed by atoms with Crippen molar-refractivity contribution in [2.75, 3.05) is 0 Å². The van der Waals surface area contributed by atoms with Gasteiger partial charge in [0.15, 0.2) is 0 Å². The summed E-state index contributed by atoms with van der Waals surface area (Å²) in [6.45, 7) is 3.91. The molecule has 0 saturated carbocycles. The van der Waals surface area contributed by atoms with Crippen LogP contribution in [-0.4, -0.2) is 5.12 Å². The summed E-state index contributed by atoms with van der Waals surface area (Å²) in [5, 5.41) is -0.281. The number of benzene rings is 1. The zero-order chi connectivity index (χ0) is 8.43. The molecule has 0 aliphatic rings. The maximum atomic E-state index is 10.8. The molecule has 0 atom stereocenters. The molecule has 0 aliphatic carbocycles. The molecule has 0 saturated heterocycles. The van der Waals surface area contributed by atoms with E-state index in [1.54, 1.807) is 0 Å². The Morgan fingerprint density at radius 2 is 1.64 bits per heavy atom. The Labute approximate surface area is 71.8 Å². The topological polar surface area (TPSA) is 17.1 Å². The standard InChI is InChI=1S/C9H10OS/c1-6-3-7(2)5-8(4-6)9(10)11/h3-5H,1-2H3,(H,10,11)/p-1. The fourth-order valence-electron chi connectivity index (χ4n) is 1.09. The van der Waals surface area contributed by atoms with Crippen molar-refractivity contribution in [3.8, 4) is 0 Å². The van der Waals surface area contributed by atoms with E-state index in [-0.39, 0.29) is 5.12 Å². The average Bonchev–Trinajstić information content (AvgIpc) is 1.85. The summed E-state index contributed by atoms with van der Waals surface area (Å²) in [6, 6.07) is 5.63. The van der Waals surface area contributed by atoms with E-state index in [0.717, 1.165) is 11.1 Å². The first-order chi connectivity index (χ1) is 5.09. The van der Waals surface area contributed by atoms with E-state index >= 15 is 0 Å². The van der Waals surface area contributed by atoms with Crippen LogP contribution in [-0.2, 0) is 12.6 Å². The van der Waals surface area contributed by atoms with E-state index in [1.807, 2.05) is 32.0 Å². The van der Waals surface area contributed by atoms with Gasteiger partial charge in [0.1, 0.15) is 0 Å². The predicted molar refractivity (Wildman–Crippen MR) is 47.6 cm³/mol. The van der Waals surface area contributed by atoms with E-state index in [2.05, 4.69) is 12.6 Å². The summed E-state index contributed by atoms with van der Waals surface area (Å²) in [5.74, 6) is 0. The Balaban J connectivity index is 3.19. The van der Waals surface area contributed by atoms with Crippen molar-refractivity contribution in [1.82, 2.24) is 0 Å². The van der Waals surface area contributed by atoms with Crippen LogP contribution in [0.25, 0.3) is 0 Å². The smallest absolute Gasteiger partial charge is 0.0422 e. The fourth-order valence-corrected chi connectivity index (χ4v) is 1.21. The molecular weight excluding hydrogens is 156 g/mol. The van der Waals surface area contributed by atoms with Gasteiger partial charge in [-0.3, -0.25) is 0 Å². The highest BCUT2D eigenvalue weighted by Gasteiger charge is 1.94. The first-order valence-corrected chi connectivity index (χ1v) is 3.80.